The third kappa shape index (κ3) is 2.08. The average molecular weight is 162 g/mol. The number of thioether (sulfide) groups is 2. The van der Waals surface area contributed by atoms with E-state index in [0.717, 1.165) is 10.5 Å². The lowest BCUT2D eigenvalue weighted by Crippen LogP contribution is -1.96. The zero-order valence-corrected chi connectivity index (χ0v) is 7.73. The van der Waals surface area contributed by atoms with E-state index in [4.69, 9.17) is 0 Å². The minimum atomic E-state index is 0.974. The molecule has 1 fully saturated rings. The lowest BCUT2D eigenvalue weighted by Gasteiger charge is -2.04. The van der Waals surface area contributed by atoms with Crippen LogP contribution in [-0.4, -0.2) is 23.0 Å². The maximum atomic E-state index is 2.23. The fourth-order valence-electron chi connectivity index (χ4n) is 1.33. The predicted molar refractivity (Wildman–Crippen MR) is 48.5 cm³/mol. The van der Waals surface area contributed by atoms with Crippen LogP contribution in [0.3, 0.4) is 0 Å². The molecule has 0 spiro atoms. The molecule has 0 aromatic carbocycles. The Labute approximate surface area is 66.2 Å². The lowest BCUT2D eigenvalue weighted by atomic mass is 10.4. The fourth-order valence-corrected chi connectivity index (χ4v) is 3.04. The molecule has 0 bridgehead atoms. The van der Waals surface area contributed by atoms with Crippen LogP contribution in [0, 0.1) is 0 Å². The van der Waals surface area contributed by atoms with Crippen LogP contribution in [0.2, 0.25) is 0 Å². The van der Waals surface area contributed by atoms with E-state index in [1.807, 2.05) is 23.5 Å². The summed E-state index contributed by atoms with van der Waals surface area (Å²) in [6.07, 6.45) is 8.81. The average Bonchev–Trinajstić information content (AvgIpc) is 2.34. The van der Waals surface area contributed by atoms with Crippen molar-refractivity contribution < 1.29 is 0 Å². The molecule has 0 aliphatic heterocycles. The van der Waals surface area contributed by atoms with E-state index < -0.39 is 0 Å². The van der Waals surface area contributed by atoms with E-state index in [9.17, 15) is 0 Å². The highest BCUT2D eigenvalue weighted by Gasteiger charge is 2.22. The molecule has 0 N–H and O–H groups in total. The normalized spacial score (nSPS) is 35.3. The third-order valence-corrected chi connectivity index (χ3v) is 4.19. The zero-order valence-electron chi connectivity index (χ0n) is 6.09. The Morgan fingerprint density at radius 1 is 1.00 bits per heavy atom. The Balaban J connectivity index is 2.20. The van der Waals surface area contributed by atoms with Gasteiger partial charge in [0.25, 0.3) is 0 Å². The molecule has 0 nitrogen and oxygen atoms in total. The van der Waals surface area contributed by atoms with E-state index in [1.54, 1.807) is 0 Å². The molecule has 54 valence electrons. The Bertz CT molecular complexity index is 73.0. The van der Waals surface area contributed by atoms with Crippen molar-refractivity contribution in [3.8, 4) is 0 Å². The fraction of sp³-hybridized carbons (Fsp3) is 1.00. The van der Waals surface area contributed by atoms with Gasteiger partial charge in [-0.25, -0.2) is 0 Å². The molecule has 0 amide bonds. The molecular formula is C7H14S2. The highest BCUT2D eigenvalue weighted by Crippen LogP contribution is 2.33. The van der Waals surface area contributed by atoms with Crippen LogP contribution in [-0.2, 0) is 0 Å². The molecule has 9 heavy (non-hydrogen) atoms. The molecule has 2 heteroatoms. The maximum absolute atomic E-state index is 2.23. The quantitative estimate of drug-likeness (QED) is 0.612. The van der Waals surface area contributed by atoms with E-state index >= 15 is 0 Å². The molecular weight excluding hydrogens is 148 g/mol. The van der Waals surface area contributed by atoms with Crippen molar-refractivity contribution in [1.82, 2.24) is 0 Å². The van der Waals surface area contributed by atoms with Crippen molar-refractivity contribution in [2.24, 2.45) is 0 Å². The van der Waals surface area contributed by atoms with Crippen LogP contribution in [0.25, 0.3) is 0 Å². The van der Waals surface area contributed by atoms with Gasteiger partial charge in [-0.2, -0.15) is 23.5 Å². The Morgan fingerprint density at radius 3 is 1.67 bits per heavy atom. The monoisotopic (exact) mass is 162 g/mol. The summed E-state index contributed by atoms with van der Waals surface area (Å²) in [5.74, 6) is 0. The first-order valence-corrected chi connectivity index (χ1v) is 6.00. The molecule has 0 heterocycles. The van der Waals surface area contributed by atoms with Gasteiger partial charge in [0.05, 0.1) is 0 Å². The first kappa shape index (κ1) is 7.80. The highest BCUT2D eigenvalue weighted by molar-refractivity contribution is 8.00. The number of hydrogen-bond acceptors (Lipinski definition) is 2. The van der Waals surface area contributed by atoms with Gasteiger partial charge < -0.3 is 0 Å². The molecule has 0 aromatic rings. The summed E-state index contributed by atoms with van der Waals surface area (Å²) in [7, 11) is 0. The van der Waals surface area contributed by atoms with Crippen LogP contribution in [0.5, 0.6) is 0 Å². The van der Waals surface area contributed by atoms with Crippen molar-refractivity contribution in [3.05, 3.63) is 0 Å². The SMILES string of the molecule is CSC1CCC(SC)C1. The molecule has 1 aliphatic carbocycles. The van der Waals surface area contributed by atoms with E-state index in [0.29, 0.717) is 0 Å². The summed E-state index contributed by atoms with van der Waals surface area (Å²) in [6, 6.07) is 0. The minimum Gasteiger partial charge on any atom is -0.162 e. The molecule has 0 aromatic heterocycles. The van der Waals surface area contributed by atoms with Gasteiger partial charge in [0.2, 0.25) is 0 Å². The zero-order chi connectivity index (χ0) is 6.69. The van der Waals surface area contributed by atoms with Crippen LogP contribution in [0.4, 0.5) is 0 Å². The molecule has 2 atom stereocenters. The van der Waals surface area contributed by atoms with E-state index in [2.05, 4.69) is 12.5 Å². The molecule has 2 unspecified atom stereocenters. The Morgan fingerprint density at radius 2 is 1.44 bits per heavy atom. The summed E-state index contributed by atoms with van der Waals surface area (Å²) >= 11 is 4.08. The van der Waals surface area contributed by atoms with Crippen LogP contribution in [0.15, 0.2) is 0 Å². The van der Waals surface area contributed by atoms with Gasteiger partial charge in [0, 0.05) is 10.5 Å². The second-order valence-corrected chi connectivity index (χ2v) is 4.80. The molecule has 0 radical (unpaired) electrons. The van der Waals surface area contributed by atoms with Crippen LogP contribution in [0.1, 0.15) is 19.3 Å². The highest BCUT2D eigenvalue weighted by atomic mass is 32.2. The second kappa shape index (κ2) is 3.77. The topological polar surface area (TPSA) is 0 Å². The Hall–Kier alpha value is 0.700. The summed E-state index contributed by atoms with van der Waals surface area (Å²) in [6.45, 7) is 0. The summed E-state index contributed by atoms with van der Waals surface area (Å²) < 4.78 is 0. The second-order valence-electron chi connectivity index (χ2n) is 2.53. The molecule has 1 rings (SSSR count). The summed E-state index contributed by atoms with van der Waals surface area (Å²) in [4.78, 5) is 0. The number of rotatable bonds is 2. The largest absolute Gasteiger partial charge is 0.162 e. The molecule has 1 saturated carbocycles. The smallest absolute Gasteiger partial charge is 0.00552 e. The van der Waals surface area contributed by atoms with Crippen molar-refractivity contribution in [3.63, 3.8) is 0 Å². The molecule has 0 saturated heterocycles. The maximum Gasteiger partial charge on any atom is 0.00552 e. The van der Waals surface area contributed by atoms with E-state index in [-0.39, 0.29) is 0 Å². The van der Waals surface area contributed by atoms with Crippen molar-refractivity contribution >= 4 is 23.5 Å². The van der Waals surface area contributed by atoms with Gasteiger partial charge in [-0.3, -0.25) is 0 Å². The van der Waals surface area contributed by atoms with Gasteiger partial charge in [-0.1, -0.05) is 0 Å². The van der Waals surface area contributed by atoms with Gasteiger partial charge in [0.1, 0.15) is 0 Å². The third-order valence-electron chi connectivity index (χ3n) is 2.00. The minimum absolute atomic E-state index is 0.974. The standard InChI is InChI=1S/C7H14S2/c1-8-6-3-4-7(5-6)9-2/h6-7H,3-5H2,1-2H3. The predicted octanol–water partition coefficient (Wildman–Crippen LogP) is 2.63. The van der Waals surface area contributed by atoms with Gasteiger partial charge in [0.15, 0.2) is 0 Å². The van der Waals surface area contributed by atoms with Gasteiger partial charge >= 0.3 is 0 Å². The van der Waals surface area contributed by atoms with Crippen molar-refractivity contribution in [1.29, 1.82) is 0 Å². The van der Waals surface area contributed by atoms with Crippen molar-refractivity contribution in [2.45, 2.75) is 29.8 Å². The molecule has 1 aliphatic rings. The van der Waals surface area contributed by atoms with Crippen molar-refractivity contribution in [2.75, 3.05) is 12.5 Å². The Kier molecular flexibility index (Phi) is 3.27. The van der Waals surface area contributed by atoms with E-state index in [1.165, 1.54) is 19.3 Å². The first-order valence-electron chi connectivity index (χ1n) is 3.42. The van der Waals surface area contributed by atoms with Gasteiger partial charge in [-0.15, -0.1) is 0 Å². The summed E-state index contributed by atoms with van der Waals surface area (Å²) in [5, 5.41) is 1.95. The van der Waals surface area contributed by atoms with Crippen LogP contribution < -0.4 is 0 Å². The first-order chi connectivity index (χ1) is 4.36. The summed E-state index contributed by atoms with van der Waals surface area (Å²) in [5.41, 5.74) is 0. The lowest BCUT2D eigenvalue weighted by molar-refractivity contribution is 0.903. The number of hydrogen-bond donors (Lipinski definition) is 0. The van der Waals surface area contributed by atoms with Crippen LogP contribution >= 0.6 is 23.5 Å². The van der Waals surface area contributed by atoms with Gasteiger partial charge in [-0.05, 0) is 31.8 Å².